The fourth-order valence-electron chi connectivity index (χ4n) is 0.0745. The van der Waals surface area contributed by atoms with Crippen molar-refractivity contribution in [3.63, 3.8) is 0 Å². The van der Waals surface area contributed by atoms with Gasteiger partial charge in [-0.15, -0.1) is 0 Å². The summed E-state index contributed by atoms with van der Waals surface area (Å²) < 4.78 is 11.3. The van der Waals surface area contributed by atoms with E-state index in [1.54, 1.807) is 6.92 Å². The second kappa shape index (κ2) is 2.63. The first-order chi connectivity index (χ1) is 2.81. The van der Waals surface area contributed by atoms with Crippen LogP contribution in [0.5, 0.6) is 0 Å². The Kier molecular flexibility index (Phi) is 2.36. The standard InChI is InChI=1S/C3H6FNO/c1-2-5(4)3-6/h3H,2H2,1H3. The van der Waals surface area contributed by atoms with Crippen molar-refractivity contribution in [3.8, 4) is 0 Å². The Balaban J connectivity index is 2.96. The molecular weight excluding hydrogens is 85.0 g/mol. The van der Waals surface area contributed by atoms with Gasteiger partial charge in [-0.3, -0.25) is 4.79 Å². The van der Waals surface area contributed by atoms with Crippen molar-refractivity contribution < 1.29 is 9.28 Å². The third-order valence-corrected chi connectivity index (χ3v) is 0.416. The van der Waals surface area contributed by atoms with Crippen LogP contribution in [0, 0.1) is 0 Å². The lowest BCUT2D eigenvalue weighted by Crippen LogP contribution is -2.07. The van der Waals surface area contributed by atoms with E-state index in [-0.39, 0.29) is 18.1 Å². The highest BCUT2D eigenvalue weighted by Gasteiger charge is 1.85. The van der Waals surface area contributed by atoms with Crippen LogP contribution in [0.3, 0.4) is 0 Å². The van der Waals surface area contributed by atoms with Crippen LogP contribution in [0.2, 0.25) is 0 Å². The zero-order valence-electron chi connectivity index (χ0n) is 3.52. The molecule has 0 fully saturated rings. The predicted molar refractivity (Wildman–Crippen MR) is 19.6 cm³/mol. The first-order valence-corrected chi connectivity index (χ1v) is 1.69. The van der Waals surface area contributed by atoms with Crippen LogP contribution in [0.1, 0.15) is 6.92 Å². The third kappa shape index (κ3) is 1.69. The maximum Gasteiger partial charge on any atom is 0.237 e. The molecule has 0 aromatic rings. The molecule has 0 N–H and O–H groups in total. The molecule has 0 bridgehead atoms. The summed E-state index contributed by atoms with van der Waals surface area (Å²) >= 11 is 0. The molecule has 0 heterocycles. The lowest BCUT2D eigenvalue weighted by molar-refractivity contribution is -0.131. The molecule has 0 aliphatic carbocycles. The molecule has 0 unspecified atom stereocenters. The van der Waals surface area contributed by atoms with Crippen LogP contribution in [0.15, 0.2) is 0 Å². The average Bonchev–Trinajstić information content (AvgIpc) is 1.65. The minimum atomic E-state index is 0.0694. The molecule has 2 nitrogen and oxygen atoms in total. The smallest absolute Gasteiger partial charge is 0.237 e. The van der Waals surface area contributed by atoms with Gasteiger partial charge in [-0.1, -0.05) is 4.48 Å². The summed E-state index contributed by atoms with van der Waals surface area (Å²) in [5.74, 6) is 0. The number of nitrogens with zero attached hydrogens (tertiary/aromatic N) is 1. The molecule has 3 heteroatoms. The van der Waals surface area contributed by atoms with Gasteiger partial charge in [0.2, 0.25) is 6.41 Å². The monoisotopic (exact) mass is 91.0 g/mol. The number of hydrogen-bond donors (Lipinski definition) is 0. The van der Waals surface area contributed by atoms with Gasteiger partial charge in [0.05, 0.1) is 6.54 Å². The number of hydrogen-bond acceptors (Lipinski definition) is 1. The van der Waals surface area contributed by atoms with E-state index in [1.165, 1.54) is 0 Å². The van der Waals surface area contributed by atoms with Crippen molar-refractivity contribution in [1.29, 1.82) is 0 Å². The predicted octanol–water partition coefficient (Wildman–Crippen LogP) is 0.349. The number of halogens is 1. The van der Waals surface area contributed by atoms with Crippen LogP contribution in [-0.2, 0) is 4.79 Å². The Morgan fingerprint density at radius 2 is 2.50 bits per heavy atom. The summed E-state index contributed by atoms with van der Waals surface area (Å²) in [5, 5.41) is 0.0694. The second-order valence-electron chi connectivity index (χ2n) is 0.821. The van der Waals surface area contributed by atoms with Gasteiger partial charge in [0.1, 0.15) is 0 Å². The van der Waals surface area contributed by atoms with Crippen LogP contribution < -0.4 is 0 Å². The summed E-state index contributed by atoms with van der Waals surface area (Å²) in [6.45, 7) is 1.68. The Morgan fingerprint density at radius 1 is 2.00 bits per heavy atom. The van der Waals surface area contributed by atoms with Crippen molar-refractivity contribution in [2.24, 2.45) is 0 Å². The maximum atomic E-state index is 11.3. The van der Waals surface area contributed by atoms with Crippen LogP contribution in [-0.4, -0.2) is 18.1 Å². The second-order valence-corrected chi connectivity index (χ2v) is 0.821. The number of amides is 1. The van der Waals surface area contributed by atoms with Crippen LogP contribution >= 0.6 is 0 Å². The molecule has 0 saturated heterocycles. The highest BCUT2D eigenvalue weighted by Crippen LogP contribution is 1.75. The molecule has 0 atom stereocenters. The van der Waals surface area contributed by atoms with Gasteiger partial charge in [-0.2, -0.15) is 5.12 Å². The average molecular weight is 91.1 g/mol. The highest BCUT2D eigenvalue weighted by atomic mass is 19.2. The van der Waals surface area contributed by atoms with Crippen LogP contribution in [0.25, 0.3) is 0 Å². The summed E-state index contributed by atoms with van der Waals surface area (Å²) in [7, 11) is 0. The number of rotatable bonds is 2. The molecule has 0 radical (unpaired) electrons. The van der Waals surface area contributed by atoms with Gasteiger partial charge < -0.3 is 0 Å². The molecule has 1 amide bonds. The topological polar surface area (TPSA) is 20.3 Å². The fraction of sp³-hybridized carbons (Fsp3) is 0.667. The van der Waals surface area contributed by atoms with E-state index >= 15 is 0 Å². The lowest BCUT2D eigenvalue weighted by Gasteiger charge is -1.94. The third-order valence-electron chi connectivity index (χ3n) is 0.416. The highest BCUT2D eigenvalue weighted by molar-refractivity contribution is 5.44. The summed E-state index contributed by atoms with van der Waals surface area (Å²) in [6.07, 6.45) is 0.139. The molecule has 0 aliphatic rings. The molecule has 0 aliphatic heterocycles. The quantitative estimate of drug-likeness (QED) is 0.354. The zero-order valence-corrected chi connectivity index (χ0v) is 3.52. The van der Waals surface area contributed by atoms with Crippen molar-refractivity contribution in [1.82, 2.24) is 5.12 Å². The van der Waals surface area contributed by atoms with Gasteiger partial charge in [0, 0.05) is 0 Å². The van der Waals surface area contributed by atoms with E-state index in [1.807, 2.05) is 0 Å². The fourth-order valence-corrected chi connectivity index (χ4v) is 0.0745. The maximum absolute atomic E-state index is 11.3. The number of carbonyl (C=O) groups is 1. The molecule has 0 aromatic carbocycles. The van der Waals surface area contributed by atoms with Gasteiger partial charge >= 0.3 is 0 Å². The van der Waals surface area contributed by atoms with E-state index < -0.39 is 0 Å². The van der Waals surface area contributed by atoms with Gasteiger partial charge in [-0.05, 0) is 6.92 Å². The molecule has 0 saturated carbocycles. The van der Waals surface area contributed by atoms with Gasteiger partial charge in [0.15, 0.2) is 0 Å². The Labute approximate surface area is 35.5 Å². The lowest BCUT2D eigenvalue weighted by atomic mass is 10.8. The molecule has 36 valence electrons. The molecule has 0 rings (SSSR count). The van der Waals surface area contributed by atoms with E-state index in [0.717, 1.165) is 0 Å². The molecule has 6 heavy (non-hydrogen) atoms. The largest absolute Gasteiger partial charge is 0.276 e. The van der Waals surface area contributed by atoms with Crippen molar-refractivity contribution in [2.45, 2.75) is 6.92 Å². The Bertz CT molecular complexity index is 48.1. The van der Waals surface area contributed by atoms with Crippen molar-refractivity contribution in [2.75, 3.05) is 6.54 Å². The van der Waals surface area contributed by atoms with E-state index in [4.69, 9.17) is 0 Å². The molecule has 0 spiro atoms. The Morgan fingerprint density at radius 3 is 2.50 bits per heavy atom. The van der Waals surface area contributed by atoms with E-state index in [0.29, 0.717) is 0 Å². The van der Waals surface area contributed by atoms with E-state index in [2.05, 4.69) is 0 Å². The molecular formula is C3H6FNO. The molecule has 0 aromatic heterocycles. The number of carbonyl (C=O) groups excluding carboxylic acids is 1. The SMILES string of the molecule is CCN(F)C=O. The minimum Gasteiger partial charge on any atom is -0.276 e. The first kappa shape index (κ1) is 5.40. The summed E-state index contributed by atoms with van der Waals surface area (Å²) in [5.41, 5.74) is 0. The van der Waals surface area contributed by atoms with Gasteiger partial charge in [-0.25, -0.2) is 0 Å². The van der Waals surface area contributed by atoms with Gasteiger partial charge in [0.25, 0.3) is 0 Å². The van der Waals surface area contributed by atoms with Crippen molar-refractivity contribution >= 4 is 6.41 Å². The summed E-state index contributed by atoms with van der Waals surface area (Å²) in [4.78, 5) is 9.29. The van der Waals surface area contributed by atoms with Crippen molar-refractivity contribution in [3.05, 3.63) is 0 Å². The first-order valence-electron chi connectivity index (χ1n) is 1.69. The minimum absolute atomic E-state index is 0.0694. The summed E-state index contributed by atoms with van der Waals surface area (Å²) in [6, 6.07) is 0. The zero-order chi connectivity index (χ0) is 4.99. The Hall–Kier alpha value is -0.600. The van der Waals surface area contributed by atoms with Crippen LogP contribution in [0.4, 0.5) is 4.48 Å². The van der Waals surface area contributed by atoms with E-state index in [9.17, 15) is 9.28 Å². The normalized spacial score (nSPS) is 7.67.